The van der Waals surface area contributed by atoms with Crippen LogP contribution in [-0.4, -0.2) is 32.2 Å². The first-order valence-corrected chi connectivity index (χ1v) is 13.2. The maximum atomic E-state index is 11.9. The van der Waals surface area contributed by atoms with Gasteiger partial charge in [-0.15, -0.1) is 11.3 Å². The summed E-state index contributed by atoms with van der Waals surface area (Å²) in [7, 11) is -3.17. The topological polar surface area (TPSA) is 71.1 Å². The minimum atomic E-state index is -3.17. The Kier molecular flexibility index (Phi) is 6.33. The number of thiazole rings is 1. The molecule has 1 aromatic heterocycles. The van der Waals surface area contributed by atoms with E-state index in [1.165, 1.54) is 22.6 Å². The summed E-state index contributed by atoms with van der Waals surface area (Å²) in [4.78, 5) is 6.33. The fraction of sp³-hybridized carbons (Fsp3) is 0.571. The van der Waals surface area contributed by atoms with Crippen molar-refractivity contribution in [3.05, 3.63) is 50.4 Å². The average Bonchev–Trinajstić information content (AvgIpc) is 3.05. The van der Waals surface area contributed by atoms with Gasteiger partial charge in [-0.05, 0) is 43.4 Å². The van der Waals surface area contributed by atoms with Gasteiger partial charge in [-0.25, -0.2) is 18.1 Å². The molecule has 0 spiro atoms. The van der Waals surface area contributed by atoms with Crippen molar-refractivity contribution >= 4 is 33.0 Å². The van der Waals surface area contributed by atoms with Gasteiger partial charge in [0.2, 0.25) is 10.0 Å². The molecular formula is C21H28ClN3O2S2. The van der Waals surface area contributed by atoms with Crippen LogP contribution >= 0.6 is 22.9 Å². The summed E-state index contributed by atoms with van der Waals surface area (Å²) >= 11 is 7.86. The summed E-state index contributed by atoms with van der Waals surface area (Å²) in [6, 6.07) is 8.49. The Labute approximate surface area is 182 Å². The molecule has 2 heterocycles. The molecule has 2 aromatic rings. The fourth-order valence-electron chi connectivity index (χ4n) is 4.55. The van der Waals surface area contributed by atoms with Gasteiger partial charge in [0.05, 0.1) is 22.5 Å². The maximum Gasteiger partial charge on any atom is 0.211 e. The average molecular weight is 454 g/mol. The van der Waals surface area contributed by atoms with Crippen molar-refractivity contribution in [2.24, 2.45) is 0 Å². The first-order chi connectivity index (χ1) is 13.9. The summed E-state index contributed by atoms with van der Waals surface area (Å²) in [6.07, 6.45) is 5.78. The zero-order chi connectivity index (χ0) is 20.5. The molecule has 29 heavy (non-hydrogen) atoms. The van der Waals surface area contributed by atoms with E-state index in [2.05, 4.69) is 22.2 Å². The van der Waals surface area contributed by atoms with Gasteiger partial charge in [-0.3, -0.25) is 0 Å². The van der Waals surface area contributed by atoms with E-state index < -0.39 is 10.0 Å². The third-order valence-electron chi connectivity index (χ3n) is 6.10. The van der Waals surface area contributed by atoms with E-state index in [0.29, 0.717) is 19.4 Å². The molecule has 4 rings (SSSR count). The molecule has 2 aliphatic rings. The predicted octanol–water partition coefficient (Wildman–Crippen LogP) is 3.98. The van der Waals surface area contributed by atoms with Crippen LogP contribution in [0.2, 0.25) is 5.02 Å². The number of benzene rings is 1. The Morgan fingerprint density at radius 2 is 2.07 bits per heavy atom. The third-order valence-corrected chi connectivity index (χ3v) is 9.13. The molecule has 1 aliphatic carbocycles. The second kappa shape index (κ2) is 8.63. The van der Waals surface area contributed by atoms with E-state index in [1.54, 1.807) is 11.3 Å². The van der Waals surface area contributed by atoms with E-state index in [-0.39, 0.29) is 17.2 Å². The molecule has 5 nitrogen and oxygen atoms in total. The van der Waals surface area contributed by atoms with Crippen molar-refractivity contribution in [2.45, 2.75) is 56.9 Å². The van der Waals surface area contributed by atoms with Crippen molar-refractivity contribution in [1.29, 1.82) is 0 Å². The van der Waals surface area contributed by atoms with Crippen molar-refractivity contribution in [2.75, 3.05) is 18.8 Å². The van der Waals surface area contributed by atoms with Crippen molar-refractivity contribution in [3.63, 3.8) is 0 Å². The highest BCUT2D eigenvalue weighted by Gasteiger charge is 2.48. The molecule has 1 unspecified atom stereocenters. The molecule has 1 fully saturated rings. The largest absolute Gasteiger partial charge is 0.307 e. The van der Waals surface area contributed by atoms with Gasteiger partial charge < -0.3 is 5.32 Å². The zero-order valence-corrected chi connectivity index (χ0v) is 19.1. The summed E-state index contributed by atoms with van der Waals surface area (Å²) in [5.41, 5.74) is 2.58. The standard InChI is InChI=1S/C21H28ClN3O2S2/c1-2-14-29(26,27)24-13-9-18-25-19-17(28-18)8-12-23-20(19)21(10-3-11-21)15-4-6-16(22)7-5-15/h4-7,20,23-24H,2-3,8-14H2,1H3. The molecule has 1 saturated carbocycles. The molecule has 1 aliphatic heterocycles. The highest BCUT2D eigenvalue weighted by molar-refractivity contribution is 7.89. The molecule has 0 radical (unpaired) electrons. The highest BCUT2D eigenvalue weighted by Crippen LogP contribution is 2.53. The highest BCUT2D eigenvalue weighted by atomic mass is 35.5. The number of rotatable bonds is 8. The van der Waals surface area contributed by atoms with Gasteiger partial charge in [0.25, 0.3) is 0 Å². The van der Waals surface area contributed by atoms with Crippen molar-refractivity contribution in [3.8, 4) is 0 Å². The van der Waals surface area contributed by atoms with Crippen LogP contribution in [0.15, 0.2) is 24.3 Å². The SMILES string of the molecule is CCCS(=O)(=O)NCCc1nc2c(s1)CCNC2C1(c2ccc(Cl)cc2)CCC1. The second-order valence-electron chi connectivity index (χ2n) is 8.03. The molecule has 1 aromatic carbocycles. The quantitative estimate of drug-likeness (QED) is 0.634. The number of fused-ring (bicyclic) bond motifs is 1. The number of sulfonamides is 1. The van der Waals surface area contributed by atoms with Gasteiger partial charge in [0.15, 0.2) is 0 Å². The van der Waals surface area contributed by atoms with E-state index >= 15 is 0 Å². The number of nitrogens with zero attached hydrogens (tertiary/aromatic N) is 1. The first-order valence-electron chi connectivity index (χ1n) is 10.4. The van der Waals surface area contributed by atoms with E-state index in [0.717, 1.165) is 35.8 Å². The number of halogens is 1. The summed E-state index contributed by atoms with van der Waals surface area (Å²) < 4.78 is 26.5. The van der Waals surface area contributed by atoms with Crippen LogP contribution < -0.4 is 10.0 Å². The van der Waals surface area contributed by atoms with Crippen LogP contribution in [0.3, 0.4) is 0 Å². The monoisotopic (exact) mass is 453 g/mol. The number of hydrogen-bond donors (Lipinski definition) is 2. The fourth-order valence-corrected chi connectivity index (χ4v) is 6.87. The van der Waals surface area contributed by atoms with Crippen LogP contribution in [0.5, 0.6) is 0 Å². The maximum absolute atomic E-state index is 11.9. The van der Waals surface area contributed by atoms with Gasteiger partial charge in [-0.1, -0.05) is 37.1 Å². The molecule has 2 N–H and O–H groups in total. The normalized spacial score (nSPS) is 20.8. The van der Waals surface area contributed by atoms with Crippen LogP contribution in [0, 0.1) is 0 Å². The minimum absolute atomic E-state index is 0.0772. The van der Waals surface area contributed by atoms with Gasteiger partial charge >= 0.3 is 0 Å². The summed E-state index contributed by atoms with van der Waals surface area (Å²) in [6.45, 7) is 3.24. The Balaban J connectivity index is 1.53. The lowest BCUT2D eigenvalue weighted by atomic mass is 9.59. The summed E-state index contributed by atoms with van der Waals surface area (Å²) in [5.74, 6) is 0.178. The zero-order valence-electron chi connectivity index (χ0n) is 16.7. The smallest absolute Gasteiger partial charge is 0.211 e. The van der Waals surface area contributed by atoms with E-state index in [1.807, 2.05) is 19.1 Å². The second-order valence-corrected chi connectivity index (χ2v) is 11.6. The molecular weight excluding hydrogens is 426 g/mol. The predicted molar refractivity (Wildman–Crippen MR) is 119 cm³/mol. The lowest BCUT2D eigenvalue weighted by Gasteiger charge is -2.49. The van der Waals surface area contributed by atoms with Crippen LogP contribution in [0.1, 0.15) is 59.8 Å². The van der Waals surface area contributed by atoms with Crippen molar-refractivity contribution in [1.82, 2.24) is 15.0 Å². The van der Waals surface area contributed by atoms with E-state index in [9.17, 15) is 8.42 Å². The molecule has 1 atom stereocenters. The Morgan fingerprint density at radius 3 is 2.72 bits per heavy atom. The van der Waals surface area contributed by atoms with Gasteiger partial charge in [-0.2, -0.15) is 0 Å². The van der Waals surface area contributed by atoms with Crippen LogP contribution in [-0.2, 0) is 28.3 Å². The lowest BCUT2D eigenvalue weighted by molar-refractivity contribution is 0.162. The molecule has 0 saturated heterocycles. The van der Waals surface area contributed by atoms with Gasteiger partial charge in [0, 0.05) is 34.8 Å². The Hall–Kier alpha value is -0.990. The Bertz CT molecular complexity index is 953. The van der Waals surface area contributed by atoms with Gasteiger partial charge in [0.1, 0.15) is 0 Å². The first kappa shape index (κ1) is 21.2. The molecule has 0 amide bonds. The number of nitrogens with one attached hydrogen (secondary N) is 2. The molecule has 158 valence electrons. The van der Waals surface area contributed by atoms with Crippen molar-refractivity contribution < 1.29 is 8.42 Å². The van der Waals surface area contributed by atoms with E-state index in [4.69, 9.17) is 16.6 Å². The Morgan fingerprint density at radius 1 is 1.31 bits per heavy atom. The third kappa shape index (κ3) is 4.39. The lowest BCUT2D eigenvalue weighted by Crippen LogP contribution is -2.49. The summed E-state index contributed by atoms with van der Waals surface area (Å²) in [5, 5.41) is 5.53. The minimum Gasteiger partial charge on any atom is -0.307 e. The molecule has 0 bridgehead atoms. The van der Waals surface area contributed by atoms with Crippen LogP contribution in [0.4, 0.5) is 0 Å². The number of aromatic nitrogens is 1. The van der Waals surface area contributed by atoms with Crippen LogP contribution in [0.25, 0.3) is 0 Å². The molecule has 8 heteroatoms. The number of hydrogen-bond acceptors (Lipinski definition) is 5.